The Morgan fingerprint density at radius 2 is 1.09 bits per heavy atom. The van der Waals surface area contributed by atoms with Crippen LogP contribution in [0.1, 0.15) is 122 Å². The third kappa shape index (κ3) is 13.6. The zero-order valence-electron chi connectivity index (χ0n) is 21.9. The van der Waals surface area contributed by atoms with Crippen molar-refractivity contribution in [2.45, 2.75) is 122 Å². The van der Waals surface area contributed by atoms with E-state index < -0.39 is 11.6 Å². The van der Waals surface area contributed by atoms with Crippen LogP contribution in [0.4, 0.5) is 8.78 Å². The monoisotopic (exact) mass is 488 g/mol. The summed E-state index contributed by atoms with van der Waals surface area (Å²) in [5, 5.41) is 0. The first-order valence-corrected chi connectivity index (χ1v) is 14.1. The molecule has 1 heterocycles. The Bertz CT molecular complexity index is 782. The van der Waals surface area contributed by atoms with E-state index in [4.69, 9.17) is 4.74 Å². The minimum absolute atomic E-state index is 0.182. The van der Waals surface area contributed by atoms with Crippen LogP contribution in [0, 0.1) is 11.6 Å². The number of aromatic nitrogens is 2. The average Bonchev–Trinajstić information content (AvgIpc) is 2.86. The molecule has 1 aromatic carbocycles. The summed E-state index contributed by atoms with van der Waals surface area (Å²) < 4.78 is 32.6. The highest BCUT2D eigenvalue weighted by atomic mass is 19.1. The number of rotatable bonds is 21. The average molecular weight is 489 g/mol. The van der Waals surface area contributed by atoms with Crippen LogP contribution in [0.3, 0.4) is 0 Å². The van der Waals surface area contributed by atoms with Crippen LogP contribution >= 0.6 is 0 Å². The normalized spacial score (nSPS) is 11.2. The molecule has 0 fully saturated rings. The van der Waals surface area contributed by atoms with Gasteiger partial charge >= 0.3 is 0 Å². The van der Waals surface area contributed by atoms with E-state index in [1.165, 1.54) is 115 Å². The van der Waals surface area contributed by atoms with Gasteiger partial charge in [0.2, 0.25) is 0 Å². The lowest BCUT2D eigenvalue weighted by molar-refractivity contribution is 0.302. The summed E-state index contributed by atoms with van der Waals surface area (Å²) in [5.41, 5.74) is 0.182. The lowest BCUT2D eigenvalue weighted by atomic mass is 10.0. The fourth-order valence-electron chi connectivity index (χ4n) is 4.39. The molecule has 0 saturated carbocycles. The molecule has 196 valence electrons. The molecule has 1 aromatic heterocycles. The summed E-state index contributed by atoms with van der Waals surface area (Å²) in [6, 6.07) is 3.38. The maximum absolute atomic E-state index is 13.8. The summed E-state index contributed by atoms with van der Waals surface area (Å²) in [4.78, 5) is 8.28. The summed E-state index contributed by atoms with van der Waals surface area (Å²) in [5.74, 6) is -0.487. The first-order valence-electron chi connectivity index (χ1n) is 14.1. The number of unbranched alkanes of at least 4 members (excludes halogenated alkanes) is 17. The molecule has 0 radical (unpaired) electrons. The highest BCUT2D eigenvalue weighted by Gasteiger charge is 2.09. The molecule has 0 N–H and O–H groups in total. The number of benzene rings is 1. The summed E-state index contributed by atoms with van der Waals surface area (Å²) >= 11 is 0. The van der Waals surface area contributed by atoms with Crippen molar-refractivity contribution in [2.24, 2.45) is 0 Å². The van der Waals surface area contributed by atoms with E-state index in [1.54, 1.807) is 12.4 Å². The van der Waals surface area contributed by atoms with Crippen molar-refractivity contribution in [1.82, 2.24) is 9.97 Å². The molecule has 2 aromatic rings. The van der Waals surface area contributed by atoms with Gasteiger partial charge in [0.15, 0.2) is 11.6 Å². The van der Waals surface area contributed by atoms with E-state index in [0.29, 0.717) is 12.4 Å². The minimum Gasteiger partial charge on any atom is -0.490 e. The van der Waals surface area contributed by atoms with Crippen LogP contribution < -0.4 is 4.74 Å². The predicted octanol–water partition coefficient (Wildman–Crippen LogP) is 9.84. The molecule has 2 rings (SSSR count). The van der Waals surface area contributed by atoms with Gasteiger partial charge in [-0.05, 0) is 18.6 Å². The van der Waals surface area contributed by atoms with Gasteiger partial charge in [-0.3, -0.25) is 0 Å². The molecule has 0 saturated heterocycles. The highest BCUT2D eigenvalue weighted by Crippen LogP contribution is 2.21. The van der Waals surface area contributed by atoms with Crippen molar-refractivity contribution in [3.05, 3.63) is 42.2 Å². The van der Waals surface area contributed by atoms with Gasteiger partial charge in [-0.25, -0.2) is 18.7 Å². The molecule has 0 unspecified atom stereocenters. The van der Waals surface area contributed by atoms with Crippen LogP contribution in [0.25, 0.3) is 11.4 Å². The quantitative estimate of drug-likeness (QED) is 0.164. The topological polar surface area (TPSA) is 35.0 Å². The molecule has 0 aliphatic heterocycles. The Morgan fingerprint density at radius 1 is 0.629 bits per heavy atom. The number of halogens is 2. The summed E-state index contributed by atoms with van der Waals surface area (Å²) in [6.07, 6.45) is 27.5. The van der Waals surface area contributed by atoms with Gasteiger partial charge in [-0.1, -0.05) is 116 Å². The van der Waals surface area contributed by atoms with Crippen LogP contribution in [-0.4, -0.2) is 16.6 Å². The Morgan fingerprint density at radius 3 is 1.54 bits per heavy atom. The largest absolute Gasteiger partial charge is 0.490 e. The number of ether oxygens (including phenoxy) is 1. The molecule has 35 heavy (non-hydrogen) atoms. The second-order valence-electron chi connectivity index (χ2n) is 9.73. The van der Waals surface area contributed by atoms with Crippen molar-refractivity contribution in [1.29, 1.82) is 0 Å². The summed E-state index contributed by atoms with van der Waals surface area (Å²) in [7, 11) is 0. The minimum atomic E-state index is -0.669. The smallest absolute Gasteiger partial charge is 0.162 e. The first kappa shape index (κ1) is 29.2. The lowest BCUT2D eigenvalue weighted by Gasteiger charge is -2.07. The molecule has 3 nitrogen and oxygen atoms in total. The second-order valence-corrected chi connectivity index (χ2v) is 9.73. The van der Waals surface area contributed by atoms with Crippen LogP contribution in [0.15, 0.2) is 30.6 Å². The van der Waals surface area contributed by atoms with Crippen LogP contribution in [-0.2, 0) is 0 Å². The van der Waals surface area contributed by atoms with Gasteiger partial charge in [-0.15, -0.1) is 0 Å². The molecular formula is C30H46F2N2O. The Hall–Kier alpha value is -2.04. The molecule has 0 aliphatic carbocycles. The standard InChI is InChI=1S/C30H46F2N2O/c1-2-3-4-5-6-7-8-9-10-11-12-13-14-15-16-17-18-19-22-35-27-24-33-30(34-25-27)28-21-20-26(31)23-29(28)32/h20-21,23-25H,2-19,22H2,1H3. The van der Waals surface area contributed by atoms with Crippen molar-refractivity contribution >= 4 is 0 Å². The molecule has 0 bridgehead atoms. The molecule has 5 heteroatoms. The van der Waals surface area contributed by atoms with E-state index in [0.717, 1.165) is 18.9 Å². The van der Waals surface area contributed by atoms with Crippen molar-refractivity contribution in [3.8, 4) is 17.1 Å². The van der Waals surface area contributed by atoms with E-state index in [-0.39, 0.29) is 11.4 Å². The second kappa shape index (κ2) is 19.2. The molecule has 0 atom stereocenters. The number of hydrogen-bond donors (Lipinski definition) is 0. The third-order valence-corrected chi connectivity index (χ3v) is 6.57. The maximum atomic E-state index is 13.8. The van der Waals surface area contributed by atoms with E-state index in [9.17, 15) is 8.78 Å². The van der Waals surface area contributed by atoms with Gasteiger partial charge in [0.05, 0.1) is 24.6 Å². The summed E-state index contributed by atoms with van der Waals surface area (Å²) in [6.45, 7) is 2.91. The van der Waals surface area contributed by atoms with Crippen molar-refractivity contribution < 1.29 is 13.5 Å². The third-order valence-electron chi connectivity index (χ3n) is 6.57. The van der Waals surface area contributed by atoms with Crippen LogP contribution in [0.2, 0.25) is 0 Å². The van der Waals surface area contributed by atoms with Crippen molar-refractivity contribution in [2.75, 3.05) is 6.61 Å². The Balaban J connectivity index is 1.36. The van der Waals surface area contributed by atoms with Gasteiger partial charge in [0, 0.05) is 6.07 Å². The highest BCUT2D eigenvalue weighted by molar-refractivity contribution is 5.55. The van der Waals surface area contributed by atoms with E-state index >= 15 is 0 Å². The SMILES string of the molecule is CCCCCCCCCCCCCCCCCCCCOc1cnc(-c2ccc(F)cc2F)nc1. The number of hydrogen-bond acceptors (Lipinski definition) is 3. The zero-order valence-corrected chi connectivity index (χ0v) is 21.9. The lowest BCUT2D eigenvalue weighted by Crippen LogP contribution is -1.99. The van der Waals surface area contributed by atoms with E-state index in [1.807, 2.05) is 0 Å². The molecular weight excluding hydrogens is 442 g/mol. The van der Waals surface area contributed by atoms with Crippen molar-refractivity contribution in [3.63, 3.8) is 0 Å². The maximum Gasteiger partial charge on any atom is 0.162 e. The molecule has 0 spiro atoms. The fourth-order valence-corrected chi connectivity index (χ4v) is 4.39. The fraction of sp³-hybridized carbons (Fsp3) is 0.667. The number of nitrogens with zero attached hydrogens (tertiary/aromatic N) is 2. The first-order chi connectivity index (χ1) is 17.2. The van der Waals surface area contributed by atoms with Gasteiger partial charge in [0.1, 0.15) is 11.6 Å². The zero-order chi connectivity index (χ0) is 25.0. The van der Waals surface area contributed by atoms with E-state index in [2.05, 4.69) is 16.9 Å². The Kier molecular flexibility index (Phi) is 16.0. The molecule has 0 amide bonds. The van der Waals surface area contributed by atoms with Gasteiger partial charge in [-0.2, -0.15) is 0 Å². The molecule has 0 aliphatic rings. The van der Waals surface area contributed by atoms with Gasteiger partial charge in [0.25, 0.3) is 0 Å². The van der Waals surface area contributed by atoms with Gasteiger partial charge < -0.3 is 4.74 Å². The van der Waals surface area contributed by atoms with Crippen LogP contribution in [0.5, 0.6) is 5.75 Å². The Labute approximate surface area is 212 Å². The predicted molar refractivity (Wildman–Crippen MR) is 142 cm³/mol.